The number of esters is 1. The van der Waals surface area contributed by atoms with E-state index in [4.69, 9.17) is 4.74 Å². The van der Waals surface area contributed by atoms with Crippen LogP contribution in [0.25, 0.3) is 0 Å². The van der Waals surface area contributed by atoms with Crippen molar-refractivity contribution in [1.82, 2.24) is 0 Å². The van der Waals surface area contributed by atoms with Gasteiger partial charge in [-0.05, 0) is 43.2 Å². The highest BCUT2D eigenvalue weighted by Crippen LogP contribution is 2.34. The molecule has 0 radical (unpaired) electrons. The number of anilines is 1. The van der Waals surface area contributed by atoms with Crippen LogP contribution in [0.5, 0.6) is 0 Å². The second-order valence-corrected chi connectivity index (χ2v) is 6.09. The summed E-state index contributed by atoms with van der Waals surface area (Å²) in [7, 11) is 0. The van der Waals surface area contributed by atoms with Gasteiger partial charge in [-0.1, -0.05) is 31.5 Å². The number of fused-ring (bicyclic) bond motifs is 1. The number of benzene rings is 1. The van der Waals surface area contributed by atoms with Gasteiger partial charge in [-0.25, -0.2) is 0 Å². The van der Waals surface area contributed by atoms with Crippen molar-refractivity contribution in [2.24, 2.45) is 5.92 Å². The van der Waals surface area contributed by atoms with Crippen LogP contribution in [-0.2, 0) is 9.53 Å². The SMILES string of the molecule is CC1CCCCC1OC(=O)C1CCNc2ccccc21. The maximum atomic E-state index is 12.5. The maximum absolute atomic E-state index is 12.5. The third kappa shape index (κ3) is 2.67. The van der Waals surface area contributed by atoms with Crippen molar-refractivity contribution in [3.05, 3.63) is 29.8 Å². The van der Waals surface area contributed by atoms with Gasteiger partial charge < -0.3 is 10.1 Å². The molecule has 1 aromatic rings. The van der Waals surface area contributed by atoms with Gasteiger partial charge in [0.15, 0.2) is 0 Å². The van der Waals surface area contributed by atoms with Crippen LogP contribution >= 0.6 is 0 Å². The molecule has 0 aromatic heterocycles. The molecule has 1 fully saturated rings. The van der Waals surface area contributed by atoms with Crippen molar-refractivity contribution in [1.29, 1.82) is 0 Å². The van der Waals surface area contributed by atoms with E-state index < -0.39 is 0 Å². The minimum absolute atomic E-state index is 0.0299. The van der Waals surface area contributed by atoms with Gasteiger partial charge in [0.1, 0.15) is 6.10 Å². The number of ether oxygens (including phenoxy) is 1. The lowest BCUT2D eigenvalue weighted by Crippen LogP contribution is -2.32. The molecule has 3 unspecified atom stereocenters. The monoisotopic (exact) mass is 273 g/mol. The zero-order chi connectivity index (χ0) is 13.9. The standard InChI is InChI=1S/C17H23NO2/c1-12-6-2-5-9-16(12)20-17(19)14-10-11-18-15-8-4-3-7-13(14)15/h3-4,7-8,12,14,16,18H,2,5-6,9-11H2,1H3. The van der Waals surface area contributed by atoms with Crippen LogP contribution in [0.4, 0.5) is 5.69 Å². The first-order valence-electron chi connectivity index (χ1n) is 7.79. The Morgan fingerprint density at radius 2 is 2.00 bits per heavy atom. The van der Waals surface area contributed by atoms with Crippen molar-refractivity contribution in [2.75, 3.05) is 11.9 Å². The molecule has 3 rings (SSSR count). The summed E-state index contributed by atoms with van der Waals surface area (Å²) in [5.41, 5.74) is 2.17. The number of carbonyl (C=O) groups excluding carboxylic acids is 1. The fourth-order valence-corrected chi connectivity index (χ4v) is 3.40. The molecule has 1 aliphatic carbocycles. The molecule has 1 heterocycles. The van der Waals surface area contributed by atoms with Crippen molar-refractivity contribution >= 4 is 11.7 Å². The molecule has 1 aliphatic heterocycles. The fraction of sp³-hybridized carbons (Fsp3) is 0.588. The molecule has 1 aromatic carbocycles. The average molecular weight is 273 g/mol. The van der Waals surface area contributed by atoms with Gasteiger partial charge in [-0.3, -0.25) is 4.79 Å². The van der Waals surface area contributed by atoms with Gasteiger partial charge in [0, 0.05) is 12.2 Å². The lowest BCUT2D eigenvalue weighted by atomic mass is 9.87. The van der Waals surface area contributed by atoms with Crippen LogP contribution in [0.1, 0.15) is 50.5 Å². The normalized spacial score (nSPS) is 29.1. The lowest BCUT2D eigenvalue weighted by Gasteiger charge is -2.31. The summed E-state index contributed by atoms with van der Waals surface area (Å²) >= 11 is 0. The van der Waals surface area contributed by atoms with E-state index in [1.54, 1.807) is 0 Å². The predicted molar refractivity (Wildman–Crippen MR) is 79.8 cm³/mol. The van der Waals surface area contributed by atoms with Gasteiger partial charge in [0.05, 0.1) is 5.92 Å². The number of para-hydroxylation sites is 1. The summed E-state index contributed by atoms with van der Waals surface area (Å²) in [6, 6.07) is 8.08. The zero-order valence-corrected chi connectivity index (χ0v) is 12.1. The Hall–Kier alpha value is -1.51. The Bertz CT molecular complexity index is 486. The maximum Gasteiger partial charge on any atom is 0.313 e. The van der Waals surface area contributed by atoms with Crippen LogP contribution in [0.2, 0.25) is 0 Å². The Morgan fingerprint density at radius 3 is 2.85 bits per heavy atom. The van der Waals surface area contributed by atoms with Gasteiger partial charge in [-0.2, -0.15) is 0 Å². The molecule has 0 amide bonds. The van der Waals surface area contributed by atoms with Crippen LogP contribution in [-0.4, -0.2) is 18.6 Å². The van der Waals surface area contributed by atoms with Gasteiger partial charge in [-0.15, -0.1) is 0 Å². The molecule has 0 saturated heterocycles. The van der Waals surface area contributed by atoms with E-state index in [1.807, 2.05) is 24.3 Å². The number of rotatable bonds is 2. The Balaban J connectivity index is 1.72. The minimum Gasteiger partial charge on any atom is -0.462 e. The molecule has 3 heteroatoms. The third-order valence-electron chi connectivity index (χ3n) is 4.67. The molecule has 108 valence electrons. The first-order valence-corrected chi connectivity index (χ1v) is 7.79. The van der Waals surface area contributed by atoms with Gasteiger partial charge in [0.25, 0.3) is 0 Å². The largest absolute Gasteiger partial charge is 0.462 e. The van der Waals surface area contributed by atoms with E-state index in [1.165, 1.54) is 19.3 Å². The molecule has 1 saturated carbocycles. The number of hydrogen-bond donors (Lipinski definition) is 1. The molecular weight excluding hydrogens is 250 g/mol. The topological polar surface area (TPSA) is 38.3 Å². The smallest absolute Gasteiger partial charge is 0.313 e. The van der Waals surface area contributed by atoms with Crippen molar-refractivity contribution in [2.45, 2.75) is 51.0 Å². The van der Waals surface area contributed by atoms with Crippen LogP contribution in [0.15, 0.2) is 24.3 Å². The molecule has 0 spiro atoms. The number of hydrogen-bond acceptors (Lipinski definition) is 3. The third-order valence-corrected chi connectivity index (χ3v) is 4.67. The molecule has 2 aliphatic rings. The Labute approximate surface area is 120 Å². The Kier molecular flexibility index (Phi) is 3.95. The summed E-state index contributed by atoms with van der Waals surface area (Å²) in [5, 5.41) is 3.35. The molecule has 0 bridgehead atoms. The first kappa shape index (κ1) is 13.5. The summed E-state index contributed by atoms with van der Waals surface area (Å²) in [6.45, 7) is 3.05. The summed E-state index contributed by atoms with van der Waals surface area (Å²) in [6.07, 6.45) is 5.62. The molecular formula is C17H23NO2. The van der Waals surface area contributed by atoms with Crippen molar-refractivity contribution in [3.63, 3.8) is 0 Å². The zero-order valence-electron chi connectivity index (χ0n) is 12.1. The van der Waals surface area contributed by atoms with E-state index in [0.717, 1.165) is 30.6 Å². The lowest BCUT2D eigenvalue weighted by molar-refractivity contribution is -0.155. The van der Waals surface area contributed by atoms with Crippen LogP contribution in [0, 0.1) is 5.92 Å². The second kappa shape index (κ2) is 5.86. The summed E-state index contributed by atoms with van der Waals surface area (Å²) in [4.78, 5) is 12.5. The quantitative estimate of drug-likeness (QED) is 0.835. The fourth-order valence-electron chi connectivity index (χ4n) is 3.40. The van der Waals surface area contributed by atoms with Gasteiger partial charge >= 0.3 is 5.97 Å². The van der Waals surface area contributed by atoms with Crippen LogP contribution in [0.3, 0.4) is 0 Å². The van der Waals surface area contributed by atoms with Crippen LogP contribution < -0.4 is 5.32 Å². The van der Waals surface area contributed by atoms with E-state index in [9.17, 15) is 4.79 Å². The van der Waals surface area contributed by atoms with Crippen molar-refractivity contribution in [3.8, 4) is 0 Å². The highest BCUT2D eigenvalue weighted by atomic mass is 16.5. The highest BCUT2D eigenvalue weighted by Gasteiger charge is 2.31. The average Bonchev–Trinajstić information content (AvgIpc) is 2.49. The van der Waals surface area contributed by atoms with E-state index >= 15 is 0 Å². The van der Waals surface area contributed by atoms with E-state index in [0.29, 0.717) is 5.92 Å². The summed E-state index contributed by atoms with van der Waals surface area (Å²) in [5.74, 6) is 0.379. The van der Waals surface area contributed by atoms with E-state index in [2.05, 4.69) is 12.2 Å². The number of carbonyl (C=O) groups is 1. The Morgan fingerprint density at radius 1 is 1.20 bits per heavy atom. The summed E-state index contributed by atoms with van der Waals surface area (Å²) < 4.78 is 5.83. The molecule has 3 atom stereocenters. The highest BCUT2D eigenvalue weighted by molar-refractivity contribution is 5.81. The molecule has 3 nitrogen and oxygen atoms in total. The second-order valence-electron chi connectivity index (χ2n) is 6.09. The molecule has 1 N–H and O–H groups in total. The van der Waals surface area contributed by atoms with Gasteiger partial charge in [0.2, 0.25) is 0 Å². The first-order chi connectivity index (χ1) is 9.75. The predicted octanol–water partition coefficient (Wildman–Crippen LogP) is 3.71. The minimum atomic E-state index is -0.0958. The van der Waals surface area contributed by atoms with E-state index in [-0.39, 0.29) is 18.0 Å². The van der Waals surface area contributed by atoms with Crippen molar-refractivity contribution < 1.29 is 9.53 Å². The molecule has 20 heavy (non-hydrogen) atoms. The number of nitrogens with one attached hydrogen (secondary N) is 1.